The van der Waals surface area contributed by atoms with Crippen molar-refractivity contribution in [2.75, 3.05) is 13.1 Å². The minimum atomic E-state index is -0.934. The summed E-state index contributed by atoms with van der Waals surface area (Å²) in [5.41, 5.74) is 0.290. The molecule has 1 aliphatic rings. The highest BCUT2D eigenvalue weighted by molar-refractivity contribution is 9.10. The van der Waals surface area contributed by atoms with Gasteiger partial charge >= 0.3 is 0 Å². The third-order valence-electron chi connectivity index (χ3n) is 3.40. The predicted molar refractivity (Wildman–Crippen MR) is 70.7 cm³/mol. The van der Waals surface area contributed by atoms with Crippen molar-refractivity contribution < 1.29 is 10.2 Å². The van der Waals surface area contributed by atoms with Crippen molar-refractivity contribution in [3.05, 3.63) is 34.3 Å². The Kier molecular flexibility index (Phi) is 3.88. The monoisotopic (exact) mass is 299 g/mol. The molecule has 1 saturated heterocycles. The lowest BCUT2D eigenvalue weighted by atomic mass is 9.90. The van der Waals surface area contributed by atoms with Gasteiger partial charge in [-0.05, 0) is 31.0 Å². The van der Waals surface area contributed by atoms with Gasteiger partial charge in [0.15, 0.2) is 0 Å². The second kappa shape index (κ2) is 5.06. The van der Waals surface area contributed by atoms with Crippen LogP contribution in [0.15, 0.2) is 28.7 Å². The van der Waals surface area contributed by atoms with Crippen LogP contribution in [0.5, 0.6) is 0 Å². The molecular weight excluding hydrogens is 282 g/mol. The molecule has 0 aliphatic carbocycles. The molecule has 0 aromatic heterocycles. The lowest BCUT2D eigenvalue weighted by molar-refractivity contribution is -0.108. The lowest BCUT2D eigenvalue weighted by Crippen LogP contribution is -2.53. The van der Waals surface area contributed by atoms with Gasteiger partial charge in [0.25, 0.3) is 0 Å². The Morgan fingerprint density at radius 1 is 1.41 bits per heavy atom. The summed E-state index contributed by atoms with van der Waals surface area (Å²) >= 11 is 3.41. The van der Waals surface area contributed by atoms with E-state index in [1.54, 1.807) is 6.92 Å². The van der Waals surface area contributed by atoms with Gasteiger partial charge in [-0.1, -0.05) is 28.1 Å². The molecule has 1 heterocycles. The number of piperidine rings is 1. The first-order valence-electron chi connectivity index (χ1n) is 5.84. The van der Waals surface area contributed by atoms with E-state index >= 15 is 0 Å². The molecule has 2 atom stereocenters. The molecule has 0 radical (unpaired) electrons. The molecule has 1 aromatic rings. The van der Waals surface area contributed by atoms with E-state index in [9.17, 15) is 10.2 Å². The van der Waals surface area contributed by atoms with Crippen molar-refractivity contribution >= 4 is 15.9 Å². The fourth-order valence-electron chi connectivity index (χ4n) is 2.08. The first kappa shape index (κ1) is 13.0. The summed E-state index contributed by atoms with van der Waals surface area (Å²) in [5, 5.41) is 19.7. The van der Waals surface area contributed by atoms with Gasteiger partial charge in [-0.15, -0.1) is 0 Å². The van der Waals surface area contributed by atoms with Gasteiger partial charge in [-0.25, -0.2) is 0 Å². The van der Waals surface area contributed by atoms with Crippen LogP contribution in [0.3, 0.4) is 0 Å². The molecule has 0 spiro atoms. The number of β-amino-alcohol motifs (C(OH)–C–C–N with tert-alkyl or cyclic N) is 1. The number of halogens is 1. The molecule has 1 fully saturated rings. The van der Waals surface area contributed by atoms with E-state index in [2.05, 4.69) is 33.0 Å². The number of likely N-dealkylation sites (tertiary alicyclic amines) is 1. The predicted octanol–water partition coefficient (Wildman–Crippen LogP) is 1.77. The number of aliphatic hydroxyl groups is 2. The number of hydrogen-bond acceptors (Lipinski definition) is 3. The Bertz CT molecular complexity index is 378. The van der Waals surface area contributed by atoms with Crippen LogP contribution in [-0.4, -0.2) is 39.9 Å². The fraction of sp³-hybridized carbons (Fsp3) is 0.538. The largest absolute Gasteiger partial charge is 0.389 e. The van der Waals surface area contributed by atoms with Crippen molar-refractivity contribution in [3.63, 3.8) is 0 Å². The molecule has 3 nitrogen and oxygen atoms in total. The third-order valence-corrected chi connectivity index (χ3v) is 3.93. The molecule has 2 unspecified atom stereocenters. The quantitative estimate of drug-likeness (QED) is 0.875. The Morgan fingerprint density at radius 3 is 2.65 bits per heavy atom. The highest BCUT2D eigenvalue weighted by atomic mass is 79.9. The second-order valence-corrected chi connectivity index (χ2v) is 5.90. The summed E-state index contributed by atoms with van der Waals surface area (Å²) in [7, 11) is 0. The molecular formula is C13H18BrNO2. The van der Waals surface area contributed by atoms with Crippen LogP contribution >= 0.6 is 15.9 Å². The van der Waals surface area contributed by atoms with E-state index in [-0.39, 0.29) is 0 Å². The minimum Gasteiger partial charge on any atom is -0.389 e. The normalized spacial score (nSPS) is 30.5. The molecule has 94 valence electrons. The van der Waals surface area contributed by atoms with Crippen molar-refractivity contribution in [1.29, 1.82) is 0 Å². The van der Waals surface area contributed by atoms with Crippen molar-refractivity contribution in [3.8, 4) is 0 Å². The zero-order valence-electron chi connectivity index (χ0n) is 9.93. The van der Waals surface area contributed by atoms with Crippen molar-refractivity contribution in [2.24, 2.45) is 0 Å². The van der Waals surface area contributed by atoms with Crippen LogP contribution in [0.4, 0.5) is 0 Å². The molecule has 1 aliphatic heterocycles. The number of nitrogens with zero attached hydrogens (tertiary/aromatic N) is 1. The Hall–Kier alpha value is -0.420. The zero-order chi connectivity index (χ0) is 12.5. The summed E-state index contributed by atoms with van der Waals surface area (Å²) < 4.78 is 1.07. The SMILES string of the molecule is CC1(O)CCN(Cc2ccc(Br)cc2)CC1O. The van der Waals surface area contributed by atoms with E-state index in [4.69, 9.17) is 0 Å². The average Bonchev–Trinajstić information content (AvgIpc) is 2.27. The highest BCUT2D eigenvalue weighted by Gasteiger charge is 2.35. The first-order chi connectivity index (χ1) is 7.97. The Balaban J connectivity index is 1.95. The van der Waals surface area contributed by atoms with Crippen LogP contribution < -0.4 is 0 Å². The van der Waals surface area contributed by atoms with Gasteiger partial charge in [-0.2, -0.15) is 0 Å². The van der Waals surface area contributed by atoms with E-state index in [1.807, 2.05) is 12.1 Å². The highest BCUT2D eigenvalue weighted by Crippen LogP contribution is 2.23. The maximum Gasteiger partial charge on any atom is 0.0951 e. The summed E-state index contributed by atoms with van der Waals surface area (Å²) in [4.78, 5) is 2.17. The number of rotatable bonds is 2. The van der Waals surface area contributed by atoms with E-state index < -0.39 is 11.7 Å². The van der Waals surface area contributed by atoms with Gasteiger partial charge in [0.1, 0.15) is 0 Å². The third kappa shape index (κ3) is 3.28. The molecule has 0 saturated carbocycles. The zero-order valence-corrected chi connectivity index (χ0v) is 11.5. The minimum absolute atomic E-state index is 0.531. The molecule has 0 bridgehead atoms. The lowest BCUT2D eigenvalue weighted by Gasteiger charge is -2.39. The van der Waals surface area contributed by atoms with Gasteiger partial charge in [0, 0.05) is 24.1 Å². The second-order valence-electron chi connectivity index (χ2n) is 4.98. The summed E-state index contributed by atoms with van der Waals surface area (Å²) in [5.74, 6) is 0. The standard InChI is InChI=1S/C13H18BrNO2/c1-13(17)6-7-15(9-12(13)16)8-10-2-4-11(14)5-3-10/h2-5,12,16-17H,6-9H2,1H3. The summed E-state index contributed by atoms with van der Waals surface area (Å²) in [6, 6.07) is 8.18. The molecule has 2 N–H and O–H groups in total. The summed E-state index contributed by atoms with van der Waals surface area (Å²) in [6.45, 7) is 3.87. The fourth-order valence-corrected chi connectivity index (χ4v) is 2.34. The van der Waals surface area contributed by atoms with Gasteiger partial charge in [0.2, 0.25) is 0 Å². The van der Waals surface area contributed by atoms with Gasteiger partial charge in [0.05, 0.1) is 11.7 Å². The van der Waals surface area contributed by atoms with Crippen molar-refractivity contribution in [1.82, 2.24) is 4.90 Å². The van der Waals surface area contributed by atoms with Crippen LogP contribution in [-0.2, 0) is 6.54 Å². The van der Waals surface area contributed by atoms with Crippen LogP contribution in [0.25, 0.3) is 0 Å². The maximum absolute atomic E-state index is 9.88. The van der Waals surface area contributed by atoms with Crippen LogP contribution in [0, 0.1) is 0 Å². The Morgan fingerprint density at radius 2 is 2.06 bits per heavy atom. The Labute approximate surface area is 110 Å². The van der Waals surface area contributed by atoms with Crippen LogP contribution in [0.1, 0.15) is 18.9 Å². The average molecular weight is 300 g/mol. The molecule has 4 heteroatoms. The number of hydrogen-bond donors (Lipinski definition) is 2. The first-order valence-corrected chi connectivity index (χ1v) is 6.64. The van der Waals surface area contributed by atoms with Gasteiger partial charge < -0.3 is 10.2 Å². The van der Waals surface area contributed by atoms with Crippen LogP contribution in [0.2, 0.25) is 0 Å². The van der Waals surface area contributed by atoms with E-state index in [0.29, 0.717) is 13.0 Å². The van der Waals surface area contributed by atoms with Gasteiger partial charge in [-0.3, -0.25) is 4.90 Å². The molecule has 17 heavy (non-hydrogen) atoms. The van der Waals surface area contributed by atoms with E-state index in [0.717, 1.165) is 17.6 Å². The maximum atomic E-state index is 9.88. The number of benzene rings is 1. The van der Waals surface area contributed by atoms with Crippen molar-refractivity contribution in [2.45, 2.75) is 31.6 Å². The smallest absolute Gasteiger partial charge is 0.0951 e. The topological polar surface area (TPSA) is 43.7 Å². The molecule has 2 rings (SSSR count). The summed E-state index contributed by atoms with van der Waals surface area (Å²) in [6.07, 6.45) is -0.0447. The number of aliphatic hydroxyl groups excluding tert-OH is 1. The molecule has 1 aromatic carbocycles. The molecule has 0 amide bonds. The van der Waals surface area contributed by atoms with E-state index in [1.165, 1.54) is 5.56 Å².